The van der Waals surface area contributed by atoms with Gasteiger partial charge in [0, 0.05) is 17.1 Å². The zero-order valence-electron chi connectivity index (χ0n) is 13.2. The minimum absolute atomic E-state index is 0.137. The van der Waals surface area contributed by atoms with E-state index in [1.54, 1.807) is 30.3 Å². The molecule has 2 aromatic carbocycles. The predicted molar refractivity (Wildman–Crippen MR) is 92.2 cm³/mol. The molecule has 1 fully saturated rings. The van der Waals surface area contributed by atoms with Gasteiger partial charge in [0.05, 0.1) is 17.8 Å². The number of piperidine rings is 1. The van der Waals surface area contributed by atoms with Crippen LogP contribution in [-0.4, -0.2) is 23.8 Å². The molecule has 130 valence electrons. The molecule has 0 spiro atoms. The Morgan fingerprint density at radius 3 is 3.00 bits per heavy atom. The van der Waals surface area contributed by atoms with E-state index in [-0.39, 0.29) is 17.8 Å². The second-order valence-electron chi connectivity index (χ2n) is 6.21. The van der Waals surface area contributed by atoms with Crippen molar-refractivity contribution in [3.63, 3.8) is 0 Å². The highest BCUT2D eigenvalue weighted by Gasteiger charge is 2.39. The molecule has 5 nitrogen and oxygen atoms in total. The zero-order chi connectivity index (χ0) is 17.6. The highest BCUT2D eigenvalue weighted by molar-refractivity contribution is 6.31. The molecule has 2 N–H and O–H groups in total. The molecule has 1 saturated heterocycles. The van der Waals surface area contributed by atoms with E-state index >= 15 is 0 Å². The van der Waals surface area contributed by atoms with E-state index < -0.39 is 11.9 Å². The molecule has 0 aromatic heterocycles. The minimum atomic E-state index is -1.10. The predicted octanol–water partition coefficient (Wildman–Crippen LogP) is 4.56. The fourth-order valence-electron chi connectivity index (χ4n) is 3.74. The Labute approximate surface area is 149 Å². The number of carboxylic acid groups (broad SMARTS) is 1. The Morgan fingerprint density at radius 2 is 2.20 bits per heavy atom. The fourth-order valence-corrected chi connectivity index (χ4v) is 3.90. The smallest absolute Gasteiger partial charge is 0.404 e. The molecule has 0 unspecified atom stereocenters. The first-order valence-corrected chi connectivity index (χ1v) is 8.44. The van der Waals surface area contributed by atoms with Crippen LogP contribution < -0.4 is 15.0 Å². The number of carbonyl (C=O) groups is 1. The Kier molecular flexibility index (Phi) is 3.92. The average Bonchev–Trinajstić information content (AvgIpc) is 2.71. The van der Waals surface area contributed by atoms with Gasteiger partial charge in [-0.25, -0.2) is 9.18 Å². The Bertz CT molecular complexity index is 845. The lowest BCUT2D eigenvalue weighted by atomic mass is 9.89. The first kappa shape index (κ1) is 16.0. The van der Waals surface area contributed by atoms with Crippen molar-refractivity contribution in [1.82, 2.24) is 5.32 Å². The lowest BCUT2D eigenvalue weighted by molar-refractivity contribution is 0.184. The molecule has 2 aliphatic rings. The van der Waals surface area contributed by atoms with Gasteiger partial charge in [-0.1, -0.05) is 23.7 Å². The standard InChI is InChI=1S/C18H16ClFN2O3/c19-10-6-7-15-14(9-10)22-8-2-5-13(21-18(23)24)16(22)11-3-1-4-12(20)17(11)25-15/h1,3-4,6-7,9,13,16,21H,2,5,8H2,(H,23,24)/t13-,16-/m0/s1. The number of benzene rings is 2. The van der Waals surface area contributed by atoms with Crippen LogP contribution in [0.2, 0.25) is 5.02 Å². The molecule has 0 bridgehead atoms. The van der Waals surface area contributed by atoms with Gasteiger partial charge in [0.1, 0.15) is 0 Å². The maximum Gasteiger partial charge on any atom is 0.404 e. The van der Waals surface area contributed by atoms with E-state index in [9.17, 15) is 14.3 Å². The molecular weight excluding hydrogens is 347 g/mol. The van der Waals surface area contributed by atoms with Crippen LogP contribution in [0.3, 0.4) is 0 Å². The van der Waals surface area contributed by atoms with Crippen LogP contribution in [-0.2, 0) is 0 Å². The Morgan fingerprint density at radius 1 is 1.36 bits per heavy atom. The molecule has 0 saturated carbocycles. The van der Waals surface area contributed by atoms with Crippen molar-refractivity contribution in [3.8, 4) is 11.5 Å². The molecule has 7 heteroatoms. The molecule has 2 aliphatic heterocycles. The number of ether oxygens (including phenoxy) is 1. The molecule has 25 heavy (non-hydrogen) atoms. The van der Waals surface area contributed by atoms with Crippen molar-refractivity contribution in [1.29, 1.82) is 0 Å². The molecule has 2 heterocycles. The number of halogens is 2. The summed E-state index contributed by atoms with van der Waals surface area (Å²) in [6.07, 6.45) is 0.374. The minimum Gasteiger partial charge on any atom is -0.465 e. The molecular formula is C18H16ClFN2O3. The van der Waals surface area contributed by atoms with Crippen molar-refractivity contribution in [3.05, 3.63) is 52.8 Å². The van der Waals surface area contributed by atoms with Crippen LogP contribution in [0.25, 0.3) is 0 Å². The van der Waals surface area contributed by atoms with E-state index in [2.05, 4.69) is 10.2 Å². The molecule has 1 amide bonds. The number of nitrogens with zero attached hydrogens (tertiary/aromatic N) is 1. The van der Waals surface area contributed by atoms with E-state index in [4.69, 9.17) is 16.3 Å². The normalized spacial score (nSPS) is 21.3. The van der Waals surface area contributed by atoms with Gasteiger partial charge in [0.15, 0.2) is 17.3 Å². The second kappa shape index (κ2) is 6.11. The van der Waals surface area contributed by atoms with Gasteiger partial charge in [-0.15, -0.1) is 0 Å². The first-order chi connectivity index (χ1) is 12.0. The van der Waals surface area contributed by atoms with Crippen molar-refractivity contribution < 1.29 is 19.0 Å². The summed E-state index contributed by atoms with van der Waals surface area (Å²) in [7, 11) is 0. The third-order valence-electron chi connectivity index (χ3n) is 4.70. The van der Waals surface area contributed by atoms with Crippen LogP contribution in [0.4, 0.5) is 14.9 Å². The second-order valence-corrected chi connectivity index (χ2v) is 6.65. The van der Waals surface area contributed by atoms with E-state index in [0.29, 0.717) is 29.3 Å². The summed E-state index contributed by atoms with van der Waals surface area (Å²) >= 11 is 6.16. The van der Waals surface area contributed by atoms with Crippen LogP contribution in [0, 0.1) is 5.82 Å². The number of fused-ring (bicyclic) bond motifs is 5. The SMILES string of the molecule is O=C(O)N[C@H]1CCCN2c3cc(Cl)ccc3Oc3c(F)cccc3[C@@H]12. The Balaban J connectivity index is 1.92. The van der Waals surface area contributed by atoms with Crippen molar-refractivity contribution >= 4 is 23.4 Å². The van der Waals surface area contributed by atoms with Crippen LogP contribution >= 0.6 is 11.6 Å². The van der Waals surface area contributed by atoms with Gasteiger partial charge in [-0.3, -0.25) is 0 Å². The summed E-state index contributed by atoms with van der Waals surface area (Å²) in [5.74, 6) is 0.173. The van der Waals surface area contributed by atoms with Gasteiger partial charge in [0.25, 0.3) is 0 Å². The van der Waals surface area contributed by atoms with E-state index in [1.807, 2.05) is 0 Å². The molecule has 0 radical (unpaired) electrons. The summed E-state index contributed by atoms with van der Waals surface area (Å²) in [4.78, 5) is 13.3. The summed E-state index contributed by atoms with van der Waals surface area (Å²) < 4.78 is 20.4. The van der Waals surface area contributed by atoms with Gasteiger partial charge in [-0.2, -0.15) is 0 Å². The molecule has 4 rings (SSSR count). The number of anilines is 1. The highest BCUT2D eigenvalue weighted by Crippen LogP contribution is 2.48. The van der Waals surface area contributed by atoms with Gasteiger partial charge < -0.3 is 20.1 Å². The van der Waals surface area contributed by atoms with Crippen molar-refractivity contribution in [2.24, 2.45) is 0 Å². The number of amides is 1. The number of nitrogens with one attached hydrogen (secondary N) is 1. The third kappa shape index (κ3) is 2.76. The fraction of sp³-hybridized carbons (Fsp3) is 0.278. The molecule has 2 aromatic rings. The first-order valence-electron chi connectivity index (χ1n) is 8.06. The summed E-state index contributed by atoms with van der Waals surface area (Å²) in [6.45, 7) is 0.703. The monoisotopic (exact) mass is 362 g/mol. The Hall–Kier alpha value is -2.47. The van der Waals surface area contributed by atoms with Crippen LogP contribution in [0.1, 0.15) is 24.4 Å². The average molecular weight is 363 g/mol. The maximum absolute atomic E-state index is 14.5. The number of rotatable bonds is 1. The number of para-hydroxylation sites is 1. The van der Waals surface area contributed by atoms with E-state index in [1.165, 1.54) is 6.07 Å². The van der Waals surface area contributed by atoms with Gasteiger partial charge in [0.2, 0.25) is 0 Å². The van der Waals surface area contributed by atoms with Gasteiger partial charge in [-0.05, 0) is 37.1 Å². The van der Waals surface area contributed by atoms with Crippen LogP contribution in [0.5, 0.6) is 11.5 Å². The summed E-state index contributed by atoms with van der Waals surface area (Å²) in [6, 6.07) is 9.18. The summed E-state index contributed by atoms with van der Waals surface area (Å²) in [5.41, 5.74) is 1.37. The summed E-state index contributed by atoms with van der Waals surface area (Å²) in [5, 5.41) is 12.3. The van der Waals surface area contributed by atoms with Crippen LogP contribution in [0.15, 0.2) is 36.4 Å². The third-order valence-corrected chi connectivity index (χ3v) is 4.93. The highest BCUT2D eigenvalue weighted by atomic mass is 35.5. The topological polar surface area (TPSA) is 61.8 Å². The lowest BCUT2D eigenvalue weighted by Gasteiger charge is -2.42. The van der Waals surface area contributed by atoms with E-state index in [0.717, 1.165) is 12.1 Å². The quantitative estimate of drug-likeness (QED) is 0.780. The largest absolute Gasteiger partial charge is 0.465 e. The van der Waals surface area contributed by atoms with Crippen molar-refractivity contribution in [2.75, 3.05) is 11.4 Å². The molecule has 0 aliphatic carbocycles. The lowest BCUT2D eigenvalue weighted by Crippen LogP contribution is -2.49. The number of hydrogen-bond donors (Lipinski definition) is 2. The van der Waals surface area contributed by atoms with Gasteiger partial charge >= 0.3 is 6.09 Å². The maximum atomic E-state index is 14.5. The zero-order valence-corrected chi connectivity index (χ0v) is 14.0. The van der Waals surface area contributed by atoms with Crippen molar-refractivity contribution in [2.45, 2.75) is 24.9 Å². The molecule has 2 atom stereocenters. The number of hydrogen-bond acceptors (Lipinski definition) is 3.